The van der Waals surface area contributed by atoms with Crippen molar-refractivity contribution in [3.05, 3.63) is 53.1 Å². The Balaban J connectivity index is 0.00000385. The normalized spacial score (nSPS) is 12.8. The number of hydrogen-bond donors (Lipinski definition) is 2. The maximum Gasteiger partial charge on any atom is 0.242 e. The summed E-state index contributed by atoms with van der Waals surface area (Å²) in [4.78, 5) is 19.1. The Morgan fingerprint density at radius 2 is 1.67 bits per heavy atom. The molecule has 180 valence electrons. The van der Waals surface area contributed by atoms with E-state index in [0.29, 0.717) is 18.8 Å². The minimum atomic E-state index is -0.125. The second-order valence-electron chi connectivity index (χ2n) is 7.44. The summed E-state index contributed by atoms with van der Waals surface area (Å²) in [6.07, 6.45) is 0.865. The number of aliphatic imine (C=N–C) groups is 1. The lowest BCUT2D eigenvalue weighted by Gasteiger charge is -2.32. The third-order valence-electron chi connectivity index (χ3n) is 5.37. The molecule has 2 N–H and O–H groups in total. The third-order valence-corrected chi connectivity index (χ3v) is 5.37. The maximum absolute atomic E-state index is 12.4. The van der Waals surface area contributed by atoms with Gasteiger partial charge in [-0.15, -0.1) is 24.0 Å². The number of nitrogens with zero attached hydrogens (tertiary/aromatic N) is 2. The highest BCUT2D eigenvalue weighted by atomic mass is 127. The van der Waals surface area contributed by atoms with Crippen LogP contribution in [0.1, 0.15) is 23.6 Å². The predicted octanol–water partition coefficient (Wildman–Crippen LogP) is 2.97. The zero-order chi connectivity index (χ0) is 22.9. The van der Waals surface area contributed by atoms with Crippen molar-refractivity contribution in [2.75, 3.05) is 41.0 Å². The van der Waals surface area contributed by atoms with Crippen molar-refractivity contribution in [1.82, 2.24) is 15.5 Å². The molecule has 0 aromatic heterocycles. The van der Waals surface area contributed by atoms with E-state index in [1.807, 2.05) is 43.3 Å². The minimum absolute atomic E-state index is 0. The molecule has 0 unspecified atom stereocenters. The summed E-state index contributed by atoms with van der Waals surface area (Å²) in [7, 11) is 4.92. The van der Waals surface area contributed by atoms with Crippen LogP contribution in [0.15, 0.2) is 41.4 Å². The zero-order valence-electron chi connectivity index (χ0n) is 19.6. The molecule has 0 saturated carbocycles. The second-order valence-corrected chi connectivity index (χ2v) is 7.44. The summed E-state index contributed by atoms with van der Waals surface area (Å²) < 4.78 is 16.0. The van der Waals surface area contributed by atoms with E-state index in [1.165, 1.54) is 11.1 Å². The lowest BCUT2D eigenvalue weighted by atomic mass is 9.99. The average molecular weight is 568 g/mol. The highest BCUT2D eigenvalue weighted by Crippen LogP contribution is 2.33. The molecule has 2 aromatic rings. The average Bonchev–Trinajstić information content (AvgIpc) is 2.84. The molecule has 0 atom stereocenters. The van der Waals surface area contributed by atoms with Gasteiger partial charge < -0.3 is 29.7 Å². The van der Waals surface area contributed by atoms with Crippen molar-refractivity contribution in [3.63, 3.8) is 0 Å². The Kier molecular flexibility index (Phi) is 10.6. The first-order valence-electron chi connectivity index (χ1n) is 10.7. The number of amides is 1. The molecule has 33 heavy (non-hydrogen) atoms. The summed E-state index contributed by atoms with van der Waals surface area (Å²) >= 11 is 0. The molecule has 1 heterocycles. The van der Waals surface area contributed by atoms with Gasteiger partial charge in [0.05, 0.1) is 21.3 Å². The summed E-state index contributed by atoms with van der Waals surface area (Å²) in [5.74, 6) is 2.86. The van der Waals surface area contributed by atoms with Crippen molar-refractivity contribution in [3.8, 4) is 17.2 Å². The van der Waals surface area contributed by atoms with E-state index in [-0.39, 0.29) is 36.4 Å². The first-order chi connectivity index (χ1) is 15.6. The highest BCUT2D eigenvalue weighted by Gasteiger charge is 2.21. The van der Waals surface area contributed by atoms with Gasteiger partial charge >= 0.3 is 0 Å². The van der Waals surface area contributed by atoms with Gasteiger partial charge in [-0.25, -0.2) is 4.99 Å². The van der Waals surface area contributed by atoms with E-state index in [1.54, 1.807) is 21.3 Å². The predicted molar refractivity (Wildman–Crippen MR) is 140 cm³/mol. The number of carbonyl (C=O) groups is 1. The molecule has 1 amide bonds. The lowest BCUT2D eigenvalue weighted by molar-refractivity contribution is -0.119. The van der Waals surface area contributed by atoms with Crippen molar-refractivity contribution < 1.29 is 19.0 Å². The van der Waals surface area contributed by atoms with Crippen LogP contribution >= 0.6 is 24.0 Å². The molecular weight excluding hydrogens is 535 g/mol. The summed E-state index contributed by atoms with van der Waals surface area (Å²) in [5, 5.41) is 6.22. The lowest BCUT2D eigenvalue weighted by Crippen LogP contribution is -2.44. The standard InChI is InChI=1S/C24H32N4O4.HI/c1-5-25-24(27-15-23(29)26-14-17-6-8-20(30-2)9-7-17)28-11-10-18-12-21(31-3)22(32-4)13-19(18)16-28;/h6-9,12-13H,5,10-11,14-16H2,1-4H3,(H,25,27)(H,26,29);1H. The van der Waals surface area contributed by atoms with Crippen LogP contribution in [0.4, 0.5) is 0 Å². The fraction of sp³-hybridized carbons (Fsp3) is 0.417. The monoisotopic (exact) mass is 568 g/mol. The van der Waals surface area contributed by atoms with Crippen LogP contribution in [-0.4, -0.2) is 57.7 Å². The Hall–Kier alpha value is -2.69. The van der Waals surface area contributed by atoms with Crippen LogP contribution < -0.4 is 24.8 Å². The van der Waals surface area contributed by atoms with E-state index in [2.05, 4.69) is 20.5 Å². The maximum atomic E-state index is 12.4. The summed E-state index contributed by atoms with van der Waals surface area (Å²) in [6, 6.07) is 11.7. The molecule has 2 aromatic carbocycles. The Morgan fingerprint density at radius 1 is 1.00 bits per heavy atom. The van der Waals surface area contributed by atoms with E-state index in [0.717, 1.165) is 42.5 Å². The molecule has 8 nitrogen and oxygen atoms in total. The van der Waals surface area contributed by atoms with Gasteiger partial charge in [-0.05, 0) is 54.3 Å². The van der Waals surface area contributed by atoms with Gasteiger partial charge in [0, 0.05) is 26.2 Å². The molecule has 0 spiro atoms. The first-order valence-corrected chi connectivity index (χ1v) is 10.7. The molecule has 3 rings (SSSR count). The molecular formula is C24H33IN4O4. The molecule has 0 aliphatic carbocycles. The van der Waals surface area contributed by atoms with Gasteiger partial charge in [0.25, 0.3) is 0 Å². The fourth-order valence-electron chi connectivity index (χ4n) is 3.64. The molecule has 0 fully saturated rings. The van der Waals surface area contributed by atoms with Gasteiger partial charge in [-0.2, -0.15) is 0 Å². The summed E-state index contributed by atoms with van der Waals surface area (Å²) in [5.41, 5.74) is 3.42. The van der Waals surface area contributed by atoms with Gasteiger partial charge in [0.15, 0.2) is 17.5 Å². The van der Waals surface area contributed by atoms with Gasteiger partial charge in [0.2, 0.25) is 5.91 Å². The van der Waals surface area contributed by atoms with Crippen LogP contribution in [-0.2, 0) is 24.3 Å². The minimum Gasteiger partial charge on any atom is -0.497 e. The van der Waals surface area contributed by atoms with Crippen LogP contribution in [0.25, 0.3) is 0 Å². The number of methoxy groups -OCH3 is 3. The second kappa shape index (κ2) is 13.1. The molecule has 9 heteroatoms. The molecule has 1 aliphatic rings. The number of guanidine groups is 1. The number of rotatable bonds is 8. The van der Waals surface area contributed by atoms with Crippen LogP contribution in [0.5, 0.6) is 17.2 Å². The van der Waals surface area contributed by atoms with E-state index >= 15 is 0 Å². The van der Waals surface area contributed by atoms with Gasteiger partial charge in [-0.3, -0.25) is 4.79 Å². The van der Waals surface area contributed by atoms with E-state index in [9.17, 15) is 4.79 Å². The first kappa shape index (κ1) is 26.6. The largest absolute Gasteiger partial charge is 0.497 e. The Morgan fingerprint density at radius 3 is 2.27 bits per heavy atom. The number of hydrogen-bond acceptors (Lipinski definition) is 5. The zero-order valence-corrected chi connectivity index (χ0v) is 22.0. The van der Waals surface area contributed by atoms with Gasteiger partial charge in [-0.1, -0.05) is 12.1 Å². The highest BCUT2D eigenvalue weighted by molar-refractivity contribution is 14.0. The quantitative estimate of drug-likeness (QED) is 0.290. The van der Waals surface area contributed by atoms with Crippen molar-refractivity contribution in [1.29, 1.82) is 0 Å². The van der Waals surface area contributed by atoms with E-state index in [4.69, 9.17) is 14.2 Å². The SMILES string of the molecule is CCNC(=NCC(=O)NCc1ccc(OC)cc1)N1CCc2cc(OC)c(OC)cc2C1.I. The Labute approximate surface area is 212 Å². The van der Waals surface area contributed by atoms with Crippen LogP contribution in [0, 0.1) is 0 Å². The summed E-state index contributed by atoms with van der Waals surface area (Å²) in [6.45, 7) is 4.75. The van der Waals surface area contributed by atoms with Crippen molar-refractivity contribution in [2.24, 2.45) is 4.99 Å². The number of ether oxygens (including phenoxy) is 3. The smallest absolute Gasteiger partial charge is 0.242 e. The van der Waals surface area contributed by atoms with Crippen LogP contribution in [0.2, 0.25) is 0 Å². The fourth-order valence-corrected chi connectivity index (χ4v) is 3.64. The topological polar surface area (TPSA) is 84.4 Å². The van der Waals surface area contributed by atoms with Crippen LogP contribution in [0.3, 0.4) is 0 Å². The number of nitrogens with one attached hydrogen (secondary N) is 2. The van der Waals surface area contributed by atoms with Gasteiger partial charge in [0.1, 0.15) is 12.3 Å². The Bertz CT molecular complexity index is 950. The number of carbonyl (C=O) groups excluding carboxylic acids is 1. The number of halogens is 1. The number of benzene rings is 2. The molecule has 1 aliphatic heterocycles. The number of fused-ring (bicyclic) bond motifs is 1. The third kappa shape index (κ3) is 7.15. The van der Waals surface area contributed by atoms with Crippen molar-refractivity contribution in [2.45, 2.75) is 26.4 Å². The molecule has 0 saturated heterocycles. The van der Waals surface area contributed by atoms with E-state index < -0.39 is 0 Å². The molecule has 0 bridgehead atoms. The van der Waals surface area contributed by atoms with Crippen molar-refractivity contribution >= 4 is 35.8 Å². The molecule has 0 radical (unpaired) electrons.